The molecular weight excluding hydrogens is 96.1 g/mol. The monoisotopic (exact) mass is 105 g/mol. The Kier molecular flexibility index (Phi) is 1.34. The second-order valence-corrected chi connectivity index (χ2v) is 2.01. The van der Waals surface area contributed by atoms with Crippen LogP contribution in [0.1, 0.15) is 6.92 Å². The molecule has 0 amide bonds. The fourth-order valence-corrected chi connectivity index (χ4v) is 0.625. The van der Waals surface area contributed by atoms with Gasteiger partial charge in [-0.1, -0.05) is 31.7 Å². The molecule has 1 rings (SSSR count). The Morgan fingerprint density at radius 3 is 2.88 bits per heavy atom. The lowest BCUT2D eigenvalue weighted by Crippen LogP contribution is -1.93. The maximum atomic E-state index is 3.80. The van der Waals surface area contributed by atoms with Gasteiger partial charge in [0.25, 0.3) is 0 Å². The third-order valence-corrected chi connectivity index (χ3v) is 1.31. The summed E-state index contributed by atoms with van der Waals surface area (Å²) < 4.78 is 0. The van der Waals surface area contributed by atoms with Crippen LogP contribution < -0.4 is 0 Å². The molecule has 0 heterocycles. The highest BCUT2D eigenvalue weighted by atomic mass is 14.0. The van der Waals surface area contributed by atoms with Gasteiger partial charge in [-0.15, -0.1) is 0 Å². The molecule has 0 aromatic rings. The summed E-state index contributed by atoms with van der Waals surface area (Å²) in [4.78, 5) is 0. The fraction of sp³-hybridized carbons (Fsp3) is 0.250. The van der Waals surface area contributed by atoms with Crippen LogP contribution >= 0.6 is 0 Å². The molecule has 1 unspecified atom stereocenters. The third kappa shape index (κ3) is 0.890. The number of hydrogen-bond acceptors (Lipinski definition) is 0. The zero-order valence-electron chi connectivity index (χ0n) is 5.02. The van der Waals surface area contributed by atoms with Crippen molar-refractivity contribution in [2.45, 2.75) is 6.92 Å². The molecule has 1 atom stereocenters. The van der Waals surface area contributed by atoms with Crippen LogP contribution in [0.25, 0.3) is 0 Å². The molecule has 1 aliphatic carbocycles. The highest BCUT2D eigenvalue weighted by molar-refractivity contribution is 5.24. The summed E-state index contributed by atoms with van der Waals surface area (Å²) in [6.45, 7) is 5.91. The van der Waals surface area contributed by atoms with E-state index in [9.17, 15) is 0 Å². The maximum absolute atomic E-state index is 3.80. The first-order chi connectivity index (χ1) is 3.80. The van der Waals surface area contributed by atoms with Crippen molar-refractivity contribution in [3.05, 3.63) is 36.5 Å². The first-order valence-corrected chi connectivity index (χ1v) is 2.76. The summed E-state index contributed by atoms with van der Waals surface area (Å²) >= 11 is 0. The summed E-state index contributed by atoms with van der Waals surface area (Å²) in [7, 11) is 0. The standard InChI is InChI=1S/C8H9/c1-7-5-3-4-6-8(7)2/h3-4,6,8H,1H2,2H3. The van der Waals surface area contributed by atoms with Gasteiger partial charge < -0.3 is 0 Å². The van der Waals surface area contributed by atoms with Gasteiger partial charge in [0.2, 0.25) is 0 Å². The first-order valence-electron chi connectivity index (χ1n) is 2.76. The lowest BCUT2D eigenvalue weighted by atomic mass is 9.99. The van der Waals surface area contributed by atoms with Crippen LogP contribution in [0.4, 0.5) is 0 Å². The zero-order valence-corrected chi connectivity index (χ0v) is 5.02. The SMILES string of the molecule is C=C1[C]=CC=CC1C. The molecule has 0 spiro atoms. The third-order valence-electron chi connectivity index (χ3n) is 1.31. The number of rotatable bonds is 0. The molecule has 1 aliphatic rings. The average Bonchev–Trinajstić information content (AvgIpc) is 1.77. The normalized spacial score (nSPS) is 26.6. The molecule has 0 bridgehead atoms. The summed E-state index contributed by atoms with van der Waals surface area (Å²) in [6.07, 6.45) is 9.03. The Morgan fingerprint density at radius 2 is 2.50 bits per heavy atom. The van der Waals surface area contributed by atoms with Crippen molar-refractivity contribution in [1.29, 1.82) is 0 Å². The van der Waals surface area contributed by atoms with Gasteiger partial charge in [-0.25, -0.2) is 0 Å². The van der Waals surface area contributed by atoms with Gasteiger partial charge in [-0.2, -0.15) is 0 Å². The molecule has 0 aromatic carbocycles. The van der Waals surface area contributed by atoms with Gasteiger partial charge >= 0.3 is 0 Å². The van der Waals surface area contributed by atoms with Crippen LogP contribution in [0.15, 0.2) is 30.4 Å². The Labute approximate surface area is 50.2 Å². The molecule has 0 fully saturated rings. The molecule has 0 saturated carbocycles. The fourth-order valence-electron chi connectivity index (χ4n) is 0.625. The molecule has 0 nitrogen and oxygen atoms in total. The lowest BCUT2D eigenvalue weighted by Gasteiger charge is -2.06. The van der Waals surface area contributed by atoms with Crippen LogP contribution in [0.5, 0.6) is 0 Å². The van der Waals surface area contributed by atoms with E-state index in [1.54, 1.807) is 0 Å². The lowest BCUT2D eigenvalue weighted by molar-refractivity contribution is 0.880. The van der Waals surface area contributed by atoms with E-state index >= 15 is 0 Å². The van der Waals surface area contributed by atoms with Crippen LogP contribution in [-0.4, -0.2) is 0 Å². The zero-order chi connectivity index (χ0) is 5.98. The van der Waals surface area contributed by atoms with Crippen LogP contribution in [0, 0.1) is 12.0 Å². The molecule has 0 saturated heterocycles. The molecule has 0 heteroatoms. The molecular formula is C8H9. The van der Waals surface area contributed by atoms with E-state index in [0.29, 0.717) is 5.92 Å². The van der Waals surface area contributed by atoms with Crippen LogP contribution in [0.2, 0.25) is 0 Å². The van der Waals surface area contributed by atoms with Gasteiger partial charge in [-0.05, 0) is 17.6 Å². The molecule has 1 radical (unpaired) electrons. The minimum atomic E-state index is 0.486. The maximum Gasteiger partial charge on any atom is -0.000703 e. The second-order valence-electron chi connectivity index (χ2n) is 2.01. The quantitative estimate of drug-likeness (QED) is 0.442. The van der Waals surface area contributed by atoms with Crippen molar-refractivity contribution in [3.63, 3.8) is 0 Å². The van der Waals surface area contributed by atoms with Gasteiger partial charge in [0.1, 0.15) is 0 Å². The summed E-state index contributed by atoms with van der Waals surface area (Å²) in [5.74, 6) is 0.486. The topological polar surface area (TPSA) is 0 Å². The molecule has 8 heavy (non-hydrogen) atoms. The van der Waals surface area contributed by atoms with Gasteiger partial charge in [0, 0.05) is 0 Å². The average molecular weight is 105 g/mol. The summed E-state index contributed by atoms with van der Waals surface area (Å²) in [5.41, 5.74) is 1.08. The van der Waals surface area contributed by atoms with E-state index in [0.717, 1.165) is 5.57 Å². The van der Waals surface area contributed by atoms with Crippen molar-refractivity contribution in [1.82, 2.24) is 0 Å². The van der Waals surface area contributed by atoms with Crippen molar-refractivity contribution >= 4 is 0 Å². The van der Waals surface area contributed by atoms with Gasteiger partial charge in [-0.3, -0.25) is 0 Å². The number of allylic oxidation sites excluding steroid dienone is 5. The first kappa shape index (κ1) is 5.36. The predicted octanol–water partition coefficient (Wildman–Crippen LogP) is 2.11. The summed E-state index contributed by atoms with van der Waals surface area (Å²) in [6, 6.07) is 0. The van der Waals surface area contributed by atoms with E-state index < -0.39 is 0 Å². The molecule has 41 valence electrons. The van der Waals surface area contributed by atoms with Crippen molar-refractivity contribution in [2.75, 3.05) is 0 Å². The minimum Gasteiger partial charge on any atom is -0.0946 e. The van der Waals surface area contributed by atoms with Crippen molar-refractivity contribution in [3.8, 4) is 0 Å². The van der Waals surface area contributed by atoms with E-state index in [4.69, 9.17) is 0 Å². The largest absolute Gasteiger partial charge is 0.0946 e. The smallest absolute Gasteiger partial charge is 0.000703 e. The Hall–Kier alpha value is -0.780. The van der Waals surface area contributed by atoms with E-state index in [-0.39, 0.29) is 0 Å². The second kappa shape index (κ2) is 1.99. The van der Waals surface area contributed by atoms with Gasteiger partial charge in [0.15, 0.2) is 0 Å². The highest BCUT2D eigenvalue weighted by Crippen LogP contribution is 2.13. The highest BCUT2D eigenvalue weighted by Gasteiger charge is 2.00. The Morgan fingerprint density at radius 1 is 1.75 bits per heavy atom. The van der Waals surface area contributed by atoms with Crippen molar-refractivity contribution < 1.29 is 0 Å². The molecule has 0 aliphatic heterocycles. The Bertz CT molecular complexity index is 149. The van der Waals surface area contributed by atoms with Crippen LogP contribution in [0.3, 0.4) is 0 Å². The Balaban J connectivity index is 2.74. The van der Waals surface area contributed by atoms with Crippen LogP contribution in [-0.2, 0) is 0 Å². The predicted molar refractivity (Wildman–Crippen MR) is 35.3 cm³/mol. The van der Waals surface area contributed by atoms with E-state index in [1.807, 2.05) is 12.2 Å². The summed E-state index contributed by atoms with van der Waals surface area (Å²) in [5, 5.41) is 0. The minimum absolute atomic E-state index is 0.486. The number of hydrogen-bond donors (Lipinski definition) is 0. The van der Waals surface area contributed by atoms with Crippen molar-refractivity contribution in [2.24, 2.45) is 5.92 Å². The molecule has 0 N–H and O–H groups in total. The molecule has 0 aromatic heterocycles. The van der Waals surface area contributed by atoms with Gasteiger partial charge in [0.05, 0.1) is 0 Å². The van der Waals surface area contributed by atoms with E-state index in [1.165, 1.54) is 0 Å². The van der Waals surface area contributed by atoms with E-state index in [2.05, 4.69) is 25.7 Å².